The van der Waals surface area contributed by atoms with Crippen LogP contribution in [0.4, 0.5) is 0 Å². The second-order valence-electron chi connectivity index (χ2n) is 10.1. The minimum atomic E-state index is 0.134. The molecule has 3 aromatic carbocycles. The first-order valence-corrected chi connectivity index (χ1v) is 10.9. The van der Waals surface area contributed by atoms with Crippen molar-refractivity contribution in [2.45, 2.75) is 57.3 Å². The van der Waals surface area contributed by atoms with E-state index in [2.05, 4.69) is 75.4 Å². The zero-order valence-corrected chi connectivity index (χ0v) is 17.5. The second-order valence-corrected chi connectivity index (χ2v) is 10.1. The minimum absolute atomic E-state index is 0.134. The number of pyridine rings is 1. The van der Waals surface area contributed by atoms with Crippen LogP contribution in [0.3, 0.4) is 0 Å². The van der Waals surface area contributed by atoms with Gasteiger partial charge in [0.25, 0.3) is 0 Å². The summed E-state index contributed by atoms with van der Waals surface area (Å²) in [5.74, 6) is 0. The Bertz CT molecular complexity index is 1280. The van der Waals surface area contributed by atoms with Crippen LogP contribution in [-0.4, -0.2) is 4.98 Å². The lowest BCUT2D eigenvalue weighted by atomic mass is 9.64. The maximum Gasteiger partial charge on any atom is 0.0786 e. The van der Waals surface area contributed by atoms with E-state index < -0.39 is 0 Å². The van der Waals surface area contributed by atoms with Crippen LogP contribution in [-0.2, 0) is 10.8 Å². The zero-order valence-electron chi connectivity index (χ0n) is 17.5. The van der Waals surface area contributed by atoms with Gasteiger partial charge >= 0.3 is 0 Å². The molecule has 0 N–H and O–H groups in total. The lowest BCUT2D eigenvalue weighted by molar-refractivity contribution is 0.533. The van der Waals surface area contributed by atoms with Crippen molar-refractivity contribution < 1.29 is 0 Å². The summed E-state index contributed by atoms with van der Waals surface area (Å²) in [6.07, 6.45) is 7.11. The molecule has 1 fully saturated rings. The van der Waals surface area contributed by atoms with Crippen LogP contribution in [0.2, 0.25) is 0 Å². The van der Waals surface area contributed by atoms with Gasteiger partial charge in [0.15, 0.2) is 0 Å². The molecule has 0 radical (unpaired) electrons. The normalized spacial score (nSPS) is 17.2. The second kappa shape index (κ2) is 5.69. The molecule has 2 aliphatic carbocycles. The maximum atomic E-state index is 4.93. The van der Waals surface area contributed by atoms with Crippen LogP contribution in [0, 0.1) is 0 Å². The SMILES string of the molecule is CC(C)(C)c1cc2c3c(nccc3c1)-c1cc3ccccc3cc1C21CCCC1. The third-order valence-corrected chi connectivity index (χ3v) is 7.36. The van der Waals surface area contributed by atoms with Crippen molar-refractivity contribution >= 4 is 21.5 Å². The van der Waals surface area contributed by atoms with Crippen molar-refractivity contribution in [3.63, 3.8) is 0 Å². The standard InChI is InChI=1S/C28H27N/c1-27(2,3)21-14-20-10-13-29-26-22-15-18-8-4-5-9-19(18)16-23(22)28(11-6-7-12-28)24(17-21)25(20)26/h4-5,8-10,13-17H,6-7,11-12H2,1-3H3. The highest BCUT2D eigenvalue weighted by atomic mass is 14.7. The van der Waals surface area contributed by atoms with Gasteiger partial charge in [0.1, 0.15) is 0 Å². The average molecular weight is 378 g/mol. The third-order valence-electron chi connectivity index (χ3n) is 7.36. The largest absolute Gasteiger partial charge is 0.256 e. The molecule has 0 saturated heterocycles. The highest BCUT2D eigenvalue weighted by molar-refractivity contribution is 6.04. The first kappa shape index (κ1) is 17.2. The van der Waals surface area contributed by atoms with E-state index in [-0.39, 0.29) is 10.8 Å². The summed E-state index contributed by atoms with van der Waals surface area (Å²) in [5.41, 5.74) is 7.28. The Morgan fingerprint density at radius 2 is 1.52 bits per heavy atom. The molecule has 1 heteroatoms. The fourth-order valence-electron chi connectivity index (χ4n) is 5.83. The monoisotopic (exact) mass is 377 g/mol. The lowest BCUT2D eigenvalue weighted by Crippen LogP contribution is -2.29. The first-order valence-electron chi connectivity index (χ1n) is 10.9. The molecule has 1 spiro atoms. The van der Waals surface area contributed by atoms with Gasteiger partial charge in [-0.2, -0.15) is 0 Å². The molecule has 2 aliphatic rings. The molecule has 0 aliphatic heterocycles. The van der Waals surface area contributed by atoms with E-state index in [4.69, 9.17) is 4.98 Å². The van der Waals surface area contributed by atoms with Crippen LogP contribution in [0.15, 0.2) is 60.8 Å². The number of nitrogens with zero attached hydrogens (tertiary/aromatic N) is 1. The van der Waals surface area contributed by atoms with Gasteiger partial charge in [-0.25, -0.2) is 0 Å². The quantitative estimate of drug-likeness (QED) is 0.309. The first-order chi connectivity index (χ1) is 14.0. The number of fused-ring (bicyclic) bond motifs is 5. The van der Waals surface area contributed by atoms with Crippen molar-refractivity contribution in [1.82, 2.24) is 4.98 Å². The van der Waals surface area contributed by atoms with Crippen LogP contribution in [0.25, 0.3) is 32.8 Å². The molecule has 0 atom stereocenters. The van der Waals surface area contributed by atoms with E-state index in [9.17, 15) is 0 Å². The van der Waals surface area contributed by atoms with Gasteiger partial charge in [0, 0.05) is 22.6 Å². The van der Waals surface area contributed by atoms with E-state index in [1.165, 1.54) is 75.2 Å². The summed E-state index contributed by atoms with van der Waals surface area (Å²) in [5, 5.41) is 5.40. The molecular weight excluding hydrogens is 350 g/mol. The summed E-state index contributed by atoms with van der Waals surface area (Å²) < 4.78 is 0. The number of aromatic nitrogens is 1. The maximum absolute atomic E-state index is 4.93. The molecule has 4 aromatic rings. The molecule has 0 bridgehead atoms. The molecule has 1 nitrogen and oxygen atoms in total. The fraction of sp³-hybridized carbons (Fsp3) is 0.321. The molecule has 0 amide bonds. The van der Waals surface area contributed by atoms with Gasteiger partial charge < -0.3 is 0 Å². The Morgan fingerprint density at radius 3 is 2.24 bits per heavy atom. The summed E-state index contributed by atoms with van der Waals surface area (Å²) in [4.78, 5) is 4.93. The Labute approximate surface area is 172 Å². The molecule has 1 aromatic heterocycles. The Morgan fingerprint density at radius 1 is 0.793 bits per heavy atom. The minimum Gasteiger partial charge on any atom is -0.256 e. The number of rotatable bonds is 0. The highest BCUT2D eigenvalue weighted by Gasteiger charge is 2.44. The van der Waals surface area contributed by atoms with Gasteiger partial charge in [-0.1, -0.05) is 70.0 Å². The van der Waals surface area contributed by atoms with Crippen molar-refractivity contribution in [3.05, 3.63) is 77.5 Å². The molecule has 1 saturated carbocycles. The average Bonchev–Trinajstić information content (AvgIpc) is 3.20. The zero-order chi connectivity index (χ0) is 19.8. The number of hydrogen-bond donors (Lipinski definition) is 0. The molecule has 144 valence electrons. The molecule has 29 heavy (non-hydrogen) atoms. The molecule has 6 rings (SSSR count). The van der Waals surface area contributed by atoms with Crippen molar-refractivity contribution in [2.24, 2.45) is 0 Å². The van der Waals surface area contributed by atoms with Crippen molar-refractivity contribution in [2.75, 3.05) is 0 Å². The van der Waals surface area contributed by atoms with Gasteiger partial charge in [0.05, 0.1) is 5.69 Å². The summed E-state index contributed by atoms with van der Waals surface area (Å²) in [6, 6.07) is 20.8. The predicted molar refractivity (Wildman–Crippen MR) is 123 cm³/mol. The highest BCUT2D eigenvalue weighted by Crippen LogP contribution is 2.56. The van der Waals surface area contributed by atoms with E-state index in [0.717, 1.165) is 0 Å². The van der Waals surface area contributed by atoms with E-state index in [1.54, 1.807) is 0 Å². The van der Waals surface area contributed by atoms with Crippen LogP contribution < -0.4 is 0 Å². The Balaban J connectivity index is 1.80. The summed E-state index contributed by atoms with van der Waals surface area (Å²) in [6.45, 7) is 6.98. The smallest absolute Gasteiger partial charge is 0.0786 e. The van der Waals surface area contributed by atoms with Gasteiger partial charge in [-0.3, -0.25) is 4.98 Å². The van der Waals surface area contributed by atoms with Gasteiger partial charge in [-0.15, -0.1) is 0 Å². The van der Waals surface area contributed by atoms with E-state index in [0.29, 0.717) is 0 Å². The number of benzene rings is 3. The van der Waals surface area contributed by atoms with Crippen molar-refractivity contribution in [1.29, 1.82) is 0 Å². The summed E-state index contributed by atoms with van der Waals surface area (Å²) >= 11 is 0. The van der Waals surface area contributed by atoms with Gasteiger partial charge in [0.2, 0.25) is 0 Å². The fourth-order valence-corrected chi connectivity index (χ4v) is 5.83. The Hall–Kier alpha value is -2.67. The van der Waals surface area contributed by atoms with Crippen LogP contribution >= 0.6 is 0 Å². The van der Waals surface area contributed by atoms with Gasteiger partial charge in [-0.05, 0) is 69.3 Å². The van der Waals surface area contributed by atoms with E-state index >= 15 is 0 Å². The lowest BCUT2D eigenvalue weighted by Gasteiger charge is -2.39. The Kier molecular flexibility index (Phi) is 3.38. The van der Waals surface area contributed by atoms with E-state index in [1.807, 2.05) is 6.20 Å². The van der Waals surface area contributed by atoms with Crippen LogP contribution in [0.5, 0.6) is 0 Å². The van der Waals surface area contributed by atoms with Crippen LogP contribution in [0.1, 0.15) is 63.1 Å². The molecule has 1 heterocycles. The predicted octanol–water partition coefficient (Wildman–Crippen LogP) is 7.53. The molecular formula is C28H27N. The topological polar surface area (TPSA) is 12.9 Å². The molecule has 0 unspecified atom stereocenters. The number of hydrogen-bond acceptors (Lipinski definition) is 1. The third kappa shape index (κ3) is 2.31. The van der Waals surface area contributed by atoms with Crippen molar-refractivity contribution in [3.8, 4) is 11.3 Å². The summed E-state index contributed by atoms with van der Waals surface area (Å²) in [7, 11) is 0.